The minimum absolute atomic E-state index is 0.265. The first-order valence-electron chi connectivity index (χ1n) is 6.11. The standard InChI is InChI=1S/C13H18N2O2/c1-10-4-5-13(15(16)17)12(7-10)8-11-3-2-6-14-9-11/h4-5,7,11,14H,2-3,6,8-9H2,1H3. The monoisotopic (exact) mass is 234 g/mol. The summed E-state index contributed by atoms with van der Waals surface area (Å²) in [6.07, 6.45) is 3.15. The van der Waals surface area contributed by atoms with E-state index >= 15 is 0 Å². The van der Waals surface area contributed by atoms with Crippen LogP contribution in [0.5, 0.6) is 0 Å². The van der Waals surface area contributed by atoms with Gasteiger partial charge >= 0.3 is 0 Å². The van der Waals surface area contributed by atoms with Crippen molar-refractivity contribution < 1.29 is 4.92 Å². The highest BCUT2D eigenvalue weighted by molar-refractivity contribution is 5.42. The zero-order valence-electron chi connectivity index (χ0n) is 10.1. The SMILES string of the molecule is Cc1ccc([N+](=O)[O-])c(CC2CCCNC2)c1. The topological polar surface area (TPSA) is 55.2 Å². The molecule has 2 rings (SSSR count). The van der Waals surface area contributed by atoms with Gasteiger partial charge in [0.05, 0.1) is 4.92 Å². The van der Waals surface area contributed by atoms with Crippen molar-refractivity contribution in [2.45, 2.75) is 26.2 Å². The molecule has 1 atom stereocenters. The molecule has 0 bridgehead atoms. The summed E-state index contributed by atoms with van der Waals surface area (Å²) in [5.41, 5.74) is 2.24. The van der Waals surface area contributed by atoms with E-state index in [0.29, 0.717) is 5.92 Å². The number of nitro benzene ring substituents is 1. The average Bonchev–Trinajstić information content (AvgIpc) is 2.30. The van der Waals surface area contributed by atoms with Crippen LogP contribution in [0.2, 0.25) is 0 Å². The van der Waals surface area contributed by atoms with E-state index in [-0.39, 0.29) is 10.6 Å². The van der Waals surface area contributed by atoms with Crippen LogP contribution in [0, 0.1) is 23.0 Å². The summed E-state index contributed by atoms with van der Waals surface area (Å²) in [4.78, 5) is 10.7. The number of hydrogen-bond donors (Lipinski definition) is 1. The first-order valence-corrected chi connectivity index (χ1v) is 6.11. The molecule has 1 fully saturated rings. The van der Waals surface area contributed by atoms with E-state index in [1.807, 2.05) is 13.0 Å². The van der Waals surface area contributed by atoms with Crippen LogP contribution >= 0.6 is 0 Å². The Morgan fingerprint density at radius 1 is 1.53 bits per heavy atom. The molecule has 1 aromatic rings. The van der Waals surface area contributed by atoms with E-state index in [4.69, 9.17) is 0 Å². The van der Waals surface area contributed by atoms with Gasteiger partial charge in [-0.3, -0.25) is 10.1 Å². The predicted octanol–water partition coefficient (Wildman–Crippen LogP) is 2.45. The van der Waals surface area contributed by atoms with Crippen molar-refractivity contribution in [2.24, 2.45) is 5.92 Å². The van der Waals surface area contributed by atoms with Crippen LogP contribution in [0.25, 0.3) is 0 Å². The van der Waals surface area contributed by atoms with Gasteiger partial charge in [0.2, 0.25) is 0 Å². The summed E-state index contributed by atoms with van der Waals surface area (Å²) >= 11 is 0. The molecule has 17 heavy (non-hydrogen) atoms. The number of hydrogen-bond acceptors (Lipinski definition) is 3. The molecule has 4 heteroatoms. The number of rotatable bonds is 3. The summed E-state index contributed by atoms with van der Waals surface area (Å²) in [7, 11) is 0. The third-order valence-corrected chi connectivity index (χ3v) is 3.34. The lowest BCUT2D eigenvalue weighted by atomic mass is 9.91. The molecule has 1 saturated heterocycles. The van der Waals surface area contributed by atoms with Gasteiger partial charge in [-0.15, -0.1) is 0 Å². The van der Waals surface area contributed by atoms with Gasteiger partial charge in [-0.25, -0.2) is 0 Å². The molecule has 1 heterocycles. The lowest BCUT2D eigenvalue weighted by Crippen LogP contribution is -2.31. The van der Waals surface area contributed by atoms with Gasteiger partial charge in [0.1, 0.15) is 0 Å². The van der Waals surface area contributed by atoms with E-state index in [1.54, 1.807) is 12.1 Å². The number of aryl methyl sites for hydroxylation is 1. The zero-order chi connectivity index (χ0) is 12.3. The molecule has 1 N–H and O–H groups in total. The maximum Gasteiger partial charge on any atom is 0.272 e. The Morgan fingerprint density at radius 2 is 2.35 bits per heavy atom. The van der Waals surface area contributed by atoms with Gasteiger partial charge in [-0.05, 0) is 51.3 Å². The second kappa shape index (κ2) is 5.27. The first kappa shape index (κ1) is 12.0. The number of nitrogens with one attached hydrogen (secondary N) is 1. The Hall–Kier alpha value is -1.42. The smallest absolute Gasteiger partial charge is 0.272 e. The largest absolute Gasteiger partial charge is 0.316 e. The minimum atomic E-state index is -0.273. The maximum absolute atomic E-state index is 11.0. The van der Waals surface area contributed by atoms with Gasteiger partial charge in [-0.2, -0.15) is 0 Å². The zero-order valence-corrected chi connectivity index (χ0v) is 10.1. The molecule has 92 valence electrons. The second-order valence-electron chi connectivity index (χ2n) is 4.81. The minimum Gasteiger partial charge on any atom is -0.316 e. The van der Waals surface area contributed by atoms with E-state index in [1.165, 1.54) is 6.42 Å². The Morgan fingerprint density at radius 3 is 3.00 bits per heavy atom. The quantitative estimate of drug-likeness (QED) is 0.645. The molecular formula is C13H18N2O2. The van der Waals surface area contributed by atoms with Crippen molar-refractivity contribution in [3.05, 3.63) is 39.4 Å². The van der Waals surface area contributed by atoms with Crippen LogP contribution in [0.4, 0.5) is 5.69 Å². The van der Waals surface area contributed by atoms with Crippen LogP contribution in [-0.2, 0) is 6.42 Å². The Kier molecular flexibility index (Phi) is 3.74. The fraction of sp³-hybridized carbons (Fsp3) is 0.538. The lowest BCUT2D eigenvalue weighted by Gasteiger charge is -2.22. The summed E-state index contributed by atoms with van der Waals surface area (Å²) in [5, 5.41) is 14.3. The molecule has 0 aliphatic carbocycles. The second-order valence-corrected chi connectivity index (χ2v) is 4.81. The van der Waals surface area contributed by atoms with Crippen LogP contribution in [-0.4, -0.2) is 18.0 Å². The molecule has 4 nitrogen and oxygen atoms in total. The van der Waals surface area contributed by atoms with Crippen molar-refractivity contribution in [1.29, 1.82) is 0 Å². The number of piperidine rings is 1. The van der Waals surface area contributed by atoms with Crippen molar-refractivity contribution in [3.63, 3.8) is 0 Å². The fourth-order valence-electron chi connectivity index (χ4n) is 2.47. The van der Waals surface area contributed by atoms with E-state index in [9.17, 15) is 10.1 Å². The van der Waals surface area contributed by atoms with Gasteiger partial charge in [-0.1, -0.05) is 11.6 Å². The van der Waals surface area contributed by atoms with Crippen molar-refractivity contribution in [1.82, 2.24) is 5.32 Å². The number of nitro groups is 1. The Bertz CT molecular complexity index is 412. The molecule has 0 amide bonds. The summed E-state index contributed by atoms with van der Waals surface area (Å²) in [5.74, 6) is 0.532. The molecule has 1 unspecified atom stereocenters. The van der Waals surface area contributed by atoms with Crippen LogP contribution < -0.4 is 5.32 Å². The summed E-state index contributed by atoms with van der Waals surface area (Å²) in [6.45, 7) is 4.03. The van der Waals surface area contributed by atoms with Crippen LogP contribution in [0.1, 0.15) is 24.0 Å². The molecule has 0 saturated carbocycles. The average molecular weight is 234 g/mol. The Balaban J connectivity index is 2.17. The third-order valence-electron chi connectivity index (χ3n) is 3.34. The number of nitrogens with zero attached hydrogens (tertiary/aromatic N) is 1. The normalized spacial score (nSPS) is 20.2. The number of benzene rings is 1. The lowest BCUT2D eigenvalue weighted by molar-refractivity contribution is -0.385. The highest BCUT2D eigenvalue weighted by Gasteiger charge is 2.19. The Labute approximate surface area is 101 Å². The summed E-state index contributed by atoms with van der Waals surface area (Å²) < 4.78 is 0. The molecule has 1 aromatic carbocycles. The van der Waals surface area contributed by atoms with Gasteiger partial charge in [0.25, 0.3) is 5.69 Å². The maximum atomic E-state index is 11.0. The van der Waals surface area contributed by atoms with Crippen LogP contribution in [0.15, 0.2) is 18.2 Å². The molecule has 1 aliphatic rings. The summed E-state index contributed by atoms with van der Waals surface area (Å²) in [6, 6.07) is 5.38. The van der Waals surface area contributed by atoms with Crippen LogP contribution in [0.3, 0.4) is 0 Å². The van der Waals surface area contributed by atoms with Crippen molar-refractivity contribution in [3.8, 4) is 0 Å². The highest BCUT2D eigenvalue weighted by atomic mass is 16.6. The van der Waals surface area contributed by atoms with Crippen molar-refractivity contribution >= 4 is 5.69 Å². The first-order chi connectivity index (χ1) is 8.16. The molecular weight excluding hydrogens is 216 g/mol. The van der Waals surface area contributed by atoms with E-state index in [0.717, 1.165) is 37.1 Å². The highest BCUT2D eigenvalue weighted by Crippen LogP contribution is 2.25. The third kappa shape index (κ3) is 3.03. The fourth-order valence-corrected chi connectivity index (χ4v) is 2.47. The molecule has 1 aliphatic heterocycles. The van der Waals surface area contributed by atoms with E-state index in [2.05, 4.69) is 5.32 Å². The van der Waals surface area contributed by atoms with Crippen molar-refractivity contribution in [2.75, 3.05) is 13.1 Å². The molecule has 0 spiro atoms. The molecule has 0 aromatic heterocycles. The van der Waals surface area contributed by atoms with Gasteiger partial charge < -0.3 is 5.32 Å². The van der Waals surface area contributed by atoms with E-state index < -0.39 is 0 Å². The van der Waals surface area contributed by atoms with Gasteiger partial charge in [0.15, 0.2) is 0 Å². The predicted molar refractivity (Wildman–Crippen MR) is 67.1 cm³/mol. The molecule has 0 radical (unpaired) electrons. The van der Waals surface area contributed by atoms with Gasteiger partial charge in [0, 0.05) is 11.6 Å².